The molecule has 22 heavy (non-hydrogen) atoms. The van der Waals surface area contributed by atoms with Crippen molar-refractivity contribution < 1.29 is 14.7 Å². The number of hydrogen-bond acceptors (Lipinski definition) is 3. The zero-order valence-corrected chi connectivity index (χ0v) is 12.9. The third-order valence-electron chi connectivity index (χ3n) is 4.69. The minimum Gasteiger partial charge on any atom is -0.481 e. The molecule has 1 saturated heterocycles. The predicted octanol–water partition coefficient (Wildman–Crippen LogP) is 1.76. The largest absolute Gasteiger partial charge is 0.481 e. The quantitative estimate of drug-likeness (QED) is 0.924. The fourth-order valence-corrected chi connectivity index (χ4v) is 3.61. The van der Waals surface area contributed by atoms with Crippen molar-refractivity contribution in [3.63, 3.8) is 0 Å². The number of para-hydroxylation sites is 1. The number of hydrogen-bond donors (Lipinski definition) is 1. The first kappa shape index (κ1) is 15.0. The maximum absolute atomic E-state index is 12.7. The van der Waals surface area contributed by atoms with Crippen molar-refractivity contribution >= 4 is 17.6 Å². The third-order valence-corrected chi connectivity index (χ3v) is 4.69. The van der Waals surface area contributed by atoms with Gasteiger partial charge in [0.25, 0.3) is 0 Å². The Kier molecular flexibility index (Phi) is 4.16. The Bertz CT molecular complexity index is 587. The highest BCUT2D eigenvalue weighted by atomic mass is 16.4. The van der Waals surface area contributed by atoms with E-state index in [1.807, 2.05) is 28.0 Å². The number of nitrogens with zero attached hydrogens (tertiary/aromatic N) is 2. The zero-order valence-electron chi connectivity index (χ0n) is 12.9. The molecule has 2 atom stereocenters. The maximum atomic E-state index is 12.7. The molecule has 1 fully saturated rings. The summed E-state index contributed by atoms with van der Waals surface area (Å²) in [6.07, 6.45) is 2.44. The van der Waals surface area contributed by atoms with E-state index in [2.05, 4.69) is 13.0 Å². The number of aliphatic carboxylic acids is 1. The summed E-state index contributed by atoms with van der Waals surface area (Å²) in [5, 5.41) is 9.15. The smallest absolute Gasteiger partial charge is 0.307 e. The lowest BCUT2D eigenvalue weighted by Crippen LogP contribution is -2.47. The van der Waals surface area contributed by atoms with E-state index in [9.17, 15) is 9.59 Å². The van der Waals surface area contributed by atoms with E-state index in [0.29, 0.717) is 19.5 Å². The van der Waals surface area contributed by atoms with E-state index in [-0.39, 0.29) is 17.9 Å². The molecular formula is C17H22N2O3. The van der Waals surface area contributed by atoms with Gasteiger partial charge in [0.2, 0.25) is 5.91 Å². The van der Waals surface area contributed by atoms with Gasteiger partial charge in [-0.2, -0.15) is 0 Å². The Morgan fingerprint density at radius 1 is 1.32 bits per heavy atom. The van der Waals surface area contributed by atoms with E-state index in [1.165, 1.54) is 5.56 Å². The van der Waals surface area contributed by atoms with Gasteiger partial charge in [-0.05, 0) is 44.4 Å². The Morgan fingerprint density at radius 2 is 2.09 bits per heavy atom. The van der Waals surface area contributed by atoms with Crippen LogP contribution >= 0.6 is 0 Å². The second-order valence-electron chi connectivity index (χ2n) is 6.36. The first-order valence-electron chi connectivity index (χ1n) is 7.91. The van der Waals surface area contributed by atoms with E-state index < -0.39 is 5.97 Å². The minimum absolute atomic E-state index is 0.0727. The number of rotatable bonds is 3. The van der Waals surface area contributed by atoms with Crippen LogP contribution in [0.1, 0.15) is 25.3 Å². The summed E-state index contributed by atoms with van der Waals surface area (Å²) in [6, 6.07) is 8.19. The first-order valence-corrected chi connectivity index (χ1v) is 7.91. The van der Waals surface area contributed by atoms with Gasteiger partial charge in [-0.25, -0.2) is 0 Å². The van der Waals surface area contributed by atoms with E-state index >= 15 is 0 Å². The highest BCUT2D eigenvalue weighted by Gasteiger charge is 2.33. The number of carbonyl (C=O) groups excluding carboxylic acids is 1. The minimum atomic E-state index is -0.753. The van der Waals surface area contributed by atoms with Gasteiger partial charge in [-0.1, -0.05) is 18.2 Å². The van der Waals surface area contributed by atoms with E-state index in [1.54, 1.807) is 0 Å². The summed E-state index contributed by atoms with van der Waals surface area (Å²) >= 11 is 0. The van der Waals surface area contributed by atoms with Crippen molar-refractivity contribution in [3.8, 4) is 0 Å². The molecule has 2 aliphatic rings. The lowest BCUT2D eigenvalue weighted by atomic mass is 9.98. The van der Waals surface area contributed by atoms with Gasteiger partial charge in [-0.3, -0.25) is 14.5 Å². The summed E-state index contributed by atoms with van der Waals surface area (Å²) in [4.78, 5) is 27.7. The van der Waals surface area contributed by atoms with Crippen molar-refractivity contribution in [3.05, 3.63) is 29.8 Å². The van der Waals surface area contributed by atoms with Gasteiger partial charge in [0, 0.05) is 18.3 Å². The van der Waals surface area contributed by atoms with Crippen molar-refractivity contribution in [1.29, 1.82) is 0 Å². The van der Waals surface area contributed by atoms with Crippen molar-refractivity contribution in [2.75, 3.05) is 24.5 Å². The van der Waals surface area contributed by atoms with Crippen LogP contribution in [-0.4, -0.2) is 47.6 Å². The van der Waals surface area contributed by atoms with Crippen molar-refractivity contribution in [1.82, 2.24) is 4.90 Å². The van der Waals surface area contributed by atoms with Crippen LogP contribution in [-0.2, 0) is 16.0 Å². The van der Waals surface area contributed by atoms with Crippen LogP contribution < -0.4 is 4.90 Å². The average Bonchev–Trinajstić information content (AvgIpc) is 2.83. The lowest BCUT2D eigenvalue weighted by molar-refractivity contribution is -0.144. The molecule has 0 radical (unpaired) electrons. The number of piperidine rings is 1. The fourth-order valence-electron chi connectivity index (χ4n) is 3.61. The number of likely N-dealkylation sites (tertiary alicyclic amines) is 1. The number of carbonyl (C=O) groups is 2. The molecule has 2 heterocycles. The molecule has 0 aromatic heterocycles. The molecule has 1 N–H and O–H groups in total. The molecular weight excluding hydrogens is 280 g/mol. The Morgan fingerprint density at radius 3 is 2.86 bits per heavy atom. The molecule has 1 aromatic rings. The molecule has 0 bridgehead atoms. The monoisotopic (exact) mass is 302 g/mol. The number of amides is 1. The van der Waals surface area contributed by atoms with Gasteiger partial charge >= 0.3 is 5.97 Å². The third kappa shape index (κ3) is 2.86. The first-order chi connectivity index (χ1) is 10.6. The predicted molar refractivity (Wildman–Crippen MR) is 83.9 cm³/mol. The number of benzene rings is 1. The Balaban J connectivity index is 1.68. The normalized spacial score (nSPS) is 25.0. The molecule has 1 amide bonds. The van der Waals surface area contributed by atoms with Gasteiger partial charge in [0.1, 0.15) is 0 Å². The second-order valence-corrected chi connectivity index (χ2v) is 6.36. The molecule has 0 aliphatic carbocycles. The van der Waals surface area contributed by atoms with E-state index in [0.717, 1.165) is 25.1 Å². The summed E-state index contributed by atoms with van der Waals surface area (Å²) in [5.41, 5.74) is 2.22. The number of fused-ring (bicyclic) bond motifs is 1. The topological polar surface area (TPSA) is 60.9 Å². The standard InChI is InChI=1S/C17H22N2O3/c1-12-9-13-5-2-3-7-15(13)19(12)16(20)11-18-8-4-6-14(10-18)17(21)22/h2-3,5,7,12,14H,4,6,8-11H2,1H3,(H,21,22)/t12-,14-/m0/s1. The van der Waals surface area contributed by atoms with Gasteiger partial charge in [0.05, 0.1) is 12.5 Å². The van der Waals surface area contributed by atoms with Gasteiger partial charge in [-0.15, -0.1) is 0 Å². The molecule has 0 saturated carbocycles. The summed E-state index contributed by atoms with van der Waals surface area (Å²) in [7, 11) is 0. The molecule has 3 rings (SSSR count). The van der Waals surface area contributed by atoms with E-state index in [4.69, 9.17) is 5.11 Å². The summed E-state index contributed by atoms with van der Waals surface area (Å²) in [5.74, 6) is -1.02. The van der Waals surface area contributed by atoms with Crippen molar-refractivity contribution in [2.45, 2.75) is 32.2 Å². The van der Waals surface area contributed by atoms with Gasteiger partial charge in [0.15, 0.2) is 0 Å². The van der Waals surface area contributed by atoms with Crippen LogP contribution in [0.4, 0.5) is 5.69 Å². The van der Waals surface area contributed by atoms with Crippen LogP contribution in [0, 0.1) is 5.92 Å². The molecule has 118 valence electrons. The summed E-state index contributed by atoms with van der Waals surface area (Å²) in [6.45, 7) is 3.65. The molecule has 1 aromatic carbocycles. The highest BCUT2D eigenvalue weighted by molar-refractivity contribution is 5.97. The lowest BCUT2D eigenvalue weighted by Gasteiger charge is -2.32. The Hall–Kier alpha value is -1.88. The van der Waals surface area contributed by atoms with Crippen LogP contribution in [0.25, 0.3) is 0 Å². The molecule has 0 spiro atoms. The SMILES string of the molecule is C[C@H]1Cc2ccccc2N1C(=O)CN1CCC[C@H](C(=O)O)C1. The molecule has 2 aliphatic heterocycles. The van der Waals surface area contributed by atoms with Crippen LogP contribution in [0.15, 0.2) is 24.3 Å². The summed E-state index contributed by atoms with van der Waals surface area (Å²) < 4.78 is 0. The second kappa shape index (κ2) is 6.08. The molecule has 5 heteroatoms. The maximum Gasteiger partial charge on any atom is 0.307 e. The van der Waals surface area contributed by atoms with Gasteiger partial charge < -0.3 is 10.0 Å². The van der Waals surface area contributed by atoms with Crippen molar-refractivity contribution in [2.24, 2.45) is 5.92 Å². The Labute approximate surface area is 130 Å². The fraction of sp³-hybridized carbons (Fsp3) is 0.529. The molecule has 5 nitrogen and oxygen atoms in total. The highest BCUT2D eigenvalue weighted by Crippen LogP contribution is 2.32. The molecule has 0 unspecified atom stereocenters. The number of anilines is 1. The number of carboxylic acids is 1. The average molecular weight is 302 g/mol. The van der Waals surface area contributed by atoms with Crippen LogP contribution in [0.3, 0.4) is 0 Å². The van der Waals surface area contributed by atoms with Crippen LogP contribution in [0.5, 0.6) is 0 Å². The zero-order chi connectivity index (χ0) is 15.7. The number of carboxylic acid groups (broad SMARTS) is 1. The van der Waals surface area contributed by atoms with Crippen LogP contribution in [0.2, 0.25) is 0 Å².